The summed E-state index contributed by atoms with van der Waals surface area (Å²) < 4.78 is 5.50. The number of hydrogen-bond donors (Lipinski definition) is 3. The summed E-state index contributed by atoms with van der Waals surface area (Å²) in [5, 5.41) is 12.8. The molecular weight excluding hydrogens is 478 g/mol. The average molecular weight is 520 g/mol. The van der Waals surface area contributed by atoms with E-state index in [1.54, 1.807) is 6.20 Å². The van der Waals surface area contributed by atoms with Gasteiger partial charge in [0.15, 0.2) is 0 Å². The predicted octanol–water partition coefficient (Wildman–Crippen LogP) is 2.66. The molecule has 2 aromatic rings. The Balaban J connectivity index is 1.11. The summed E-state index contributed by atoms with van der Waals surface area (Å²) >= 11 is 0. The molecule has 1 aromatic carbocycles. The Morgan fingerprint density at radius 3 is 2.50 bits per heavy atom. The molecule has 2 aliphatic carbocycles. The van der Waals surface area contributed by atoms with E-state index in [0.717, 1.165) is 88.7 Å². The lowest BCUT2D eigenvalue weighted by Crippen LogP contribution is -2.44. The van der Waals surface area contributed by atoms with Crippen molar-refractivity contribution in [1.29, 1.82) is 0 Å². The Labute approximate surface area is 225 Å². The van der Waals surface area contributed by atoms with E-state index >= 15 is 0 Å². The van der Waals surface area contributed by atoms with Gasteiger partial charge >= 0.3 is 0 Å². The molecule has 0 bridgehead atoms. The molecule has 8 nitrogen and oxygen atoms in total. The number of aliphatic hydroxyl groups excluding tert-OH is 1. The maximum Gasteiger partial charge on any atom is 0.255 e. The summed E-state index contributed by atoms with van der Waals surface area (Å²) in [4.78, 5) is 22.5. The molecule has 0 radical (unpaired) electrons. The van der Waals surface area contributed by atoms with Crippen molar-refractivity contribution < 1.29 is 14.6 Å². The number of morpholine rings is 1. The summed E-state index contributed by atoms with van der Waals surface area (Å²) in [6.45, 7) is 8.45. The number of amides is 1. The first kappa shape index (κ1) is 25.7. The molecule has 2 atom stereocenters. The number of pyridine rings is 1. The van der Waals surface area contributed by atoms with Crippen molar-refractivity contribution in [2.24, 2.45) is 5.92 Å². The maximum atomic E-state index is 13.0. The van der Waals surface area contributed by atoms with Crippen LogP contribution in [0.15, 0.2) is 36.5 Å². The van der Waals surface area contributed by atoms with Crippen molar-refractivity contribution in [2.75, 3.05) is 58.2 Å². The van der Waals surface area contributed by atoms with E-state index < -0.39 is 0 Å². The number of benzene rings is 1. The van der Waals surface area contributed by atoms with Gasteiger partial charge in [0, 0.05) is 62.5 Å². The molecule has 204 valence electrons. The highest BCUT2D eigenvalue weighted by atomic mass is 16.5. The molecule has 4 N–H and O–H groups in total. The number of ether oxygens (including phenoxy) is 1. The zero-order chi connectivity index (χ0) is 26.1. The molecule has 0 spiro atoms. The van der Waals surface area contributed by atoms with Crippen molar-refractivity contribution in [3.8, 4) is 11.1 Å². The van der Waals surface area contributed by atoms with E-state index in [-0.39, 0.29) is 29.3 Å². The van der Waals surface area contributed by atoms with Gasteiger partial charge in [-0.3, -0.25) is 9.69 Å². The molecule has 2 saturated heterocycles. The zero-order valence-corrected chi connectivity index (χ0v) is 22.3. The molecule has 6 rings (SSSR count). The van der Waals surface area contributed by atoms with Crippen LogP contribution in [0.3, 0.4) is 0 Å². The van der Waals surface area contributed by atoms with Crippen LogP contribution in [0, 0.1) is 5.92 Å². The minimum absolute atomic E-state index is 0.0720. The van der Waals surface area contributed by atoms with Crippen LogP contribution in [0.1, 0.15) is 54.4 Å². The Bertz CT molecular complexity index is 1130. The number of carbonyl (C=O) groups is 1. The Kier molecular flexibility index (Phi) is 7.40. The van der Waals surface area contributed by atoms with Gasteiger partial charge in [0.05, 0.1) is 24.9 Å². The van der Waals surface area contributed by atoms with Crippen LogP contribution in [-0.4, -0.2) is 90.4 Å². The minimum Gasteiger partial charge on any atom is -0.393 e. The number of aliphatic hydroxyl groups is 1. The number of fused-ring (bicyclic) bond motifs is 1. The third kappa shape index (κ3) is 5.19. The second-order valence-electron chi connectivity index (χ2n) is 11.8. The van der Waals surface area contributed by atoms with Gasteiger partial charge in [0.1, 0.15) is 5.82 Å². The van der Waals surface area contributed by atoms with Gasteiger partial charge in [-0.2, -0.15) is 0 Å². The van der Waals surface area contributed by atoms with Crippen molar-refractivity contribution in [3.05, 3.63) is 47.7 Å². The van der Waals surface area contributed by atoms with Crippen LogP contribution in [0.25, 0.3) is 11.1 Å². The van der Waals surface area contributed by atoms with Gasteiger partial charge in [-0.15, -0.1) is 0 Å². The molecule has 2 saturated carbocycles. The van der Waals surface area contributed by atoms with E-state index in [9.17, 15) is 9.90 Å². The van der Waals surface area contributed by atoms with Crippen molar-refractivity contribution >= 4 is 11.7 Å². The quantitative estimate of drug-likeness (QED) is 0.517. The fraction of sp³-hybridized carbons (Fsp3) is 0.600. The fourth-order valence-corrected chi connectivity index (χ4v) is 6.99. The van der Waals surface area contributed by atoms with Crippen LogP contribution >= 0.6 is 0 Å². The average Bonchev–Trinajstić information content (AvgIpc) is 3.19. The smallest absolute Gasteiger partial charge is 0.255 e. The highest BCUT2D eigenvalue weighted by Gasteiger charge is 2.53. The molecule has 4 aliphatic rings. The monoisotopic (exact) mass is 519 g/mol. The Morgan fingerprint density at radius 1 is 1.05 bits per heavy atom. The second kappa shape index (κ2) is 10.9. The zero-order valence-electron chi connectivity index (χ0n) is 22.3. The number of anilines is 1. The van der Waals surface area contributed by atoms with Gasteiger partial charge in [-0.25, -0.2) is 4.98 Å². The fourth-order valence-electron chi connectivity index (χ4n) is 6.99. The van der Waals surface area contributed by atoms with Gasteiger partial charge in [0.25, 0.3) is 5.91 Å². The van der Waals surface area contributed by atoms with E-state index in [4.69, 9.17) is 10.5 Å². The number of nitrogens with zero attached hydrogens (tertiary/aromatic N) is 3. The summed E-state index contributed by atoms with van der Waals surface area (Å²) in [6.07, 6.45) is 7.10. The van der Waals surface area contributed by atoms with Gasteiger partial charge in [0.2, 0.25) is 0 Å². The number of aromatic nitrogens is 1. The highest BCUT2D eigenvalue weighted by molar-refractivity contribution is 5.99. The first-order valence-electron chi connectivity index (χ1n) is 14.4. The molecule has 3 heterocycles. The van der Waals surface area contributed by atoms with Crippen molar-refractivity contribution in [2.45, 2.75) is 56.1 Å². The van der Waals surface area contributed by atoms with Crippen LogP contribution < -0.4 is 11.1 Å². The molecule has 4 fully saturated rings. The number of rotatable bonds is 7. The minimum atomic E-state index is -0.252. The van der Waals surface area contributed by atoms with Crippen molar-refractivity contribution in [1.82, 2.24) is 20.1 Å². The number of nitrogen functional groups attached to an aromatic ring is 1. The molecule has 8 heteroatoms. The number of nitrogens with one attached hydrogen (secondary N) is 1. The molecular formula is C30H41N5O3. The number of hydrogen-bond acceptors (Lipinski definition) is 7. The molecule has 1 aromatic heterocycles. The summed E-state index contributed by atoms with van der Waals surface area (Å²) in [6, 6.07) is 10.9. The van der Waals surface area contributed by atoms with E-state index in [0.29, 0.717) is 5.56 Å². The van der Waals surface area contributed by atoms with Crippen LogP contribution in [0.4, 0.5) is 5.82 Å². The highest BCUT2D eigenvalue weighted by Crippen LogP contribution is 2.53. The van der Waals surface area contributed by atoms with Gasteiger partial charge in [-0.05, 0) is 61.6 Å². The van der Waals surface area contributed by atoms with Crippen molar-refractivity contribution in [3.63, 3.8) is 0 Å². The summed E-state index contributed by atoms with van der Waals surface area (Å²) in [7, 11) is 0. The first-order chi connectivity index (χ1) is 18.5. The third-order valence-electron chi connectivity index (χ3n) is 9.53. The Morgan fingerprint density at radius 2 is 1.79 bits per heavy atom. The lowest BCUT2D eigenvalue weighted by molar-refractivity contribution is 0.0342. The standard InChI is InChI=1S/C30H41N5O3/c31-28-27(29(37)33-25-5-7-26(36)8-6-25)17-22(18-32-28)21-1-3-23(4-2-21)30-10-9-24(30)19-35(20-30)12-11-34-13-15-38-16-14-34/h1-4,17-18,24-26,36H,5-16,19-20H2,(H2,31,32)(H,33,37)/t24-,25?,26?,30+/m1/s1. The number of likely N-dealkylation sites (tertiary alicyclic amines) is 1. The molecule has 1 amide bonds. The van der Waals surface area contributed by atoms with Gasteiger partial charge < -0.3 is 25.8 Å². The van der Waals surface area contributed by atoms with E-state index in [1.165, 1.54) is 24.9 Å². The first-order valence-corrected chi connectivity index (χ1v) is 14.4. The van der Waals surface area contributed by atoms with Crippen LogP contribution in [0.5, 0.6) is 0 Å². The van der Waals surface area contributed by atoms with E-state index in [1.807, 2.05) is 6.07 Å². The largest absolute Gasteiger partial charge is 0.393 e. The van der Waals surface area contributed by atoms with Crippen LogP contribution in [0.2, 0.25) is 0 Å². The molecule has 2 aliphatic heterocycles. The molecule has 0 unspecified atom stereocenters. The topological polar surface area (TPSA) is 104 Å². The second-order valence-corrected chi connectivity index (χ2v) is 11.8. The summed E-state index contributed by atoms with van der Waals surface area (Å²) in [5.74, 6) is 0.805. The normalized spacial score (nSPS) is 30.0. The number of nitrogens with two attached hydrogens (primary N) is 1. The van der Waals surface area contributed by atoms with E-state index in [2.05, 4.69) is 44.4 Å². The third-order valence-corrected chi connectivity index (χ3v) is 9.53. The Hall–Kier alpha value is -2.52. The maximum absolute atomic E-state index is 13.0. The predicted molar refractivity (Wildman–Crippen MR) is 148 cm³/mol. The SMILES string of the molecule is Nc1ncc(-c2ccc([C@@]34CC[C@@H]3CN(CCN3CCOCC3)C4)cc2)cc1C(=O)NC1CCC(O)CC1. The van der Waals surface area contributed by atoms with Gasteiger partial charge in [-0.1, -0.05) is 24.3 Å². The van der Waals surface area contributed by atoms with Crippen LogP contribution in [-0.2, 0) is 10.2 Å². The lowest BCUT2D eigenvalue weighted by Gasteiger charge is -2.45. The summed E-state index contributed by atoms with van der Waals surface area (Å²) in [5.41, 5.74) is 10.2. The number of carbonyl (C=O) groups excluding carboxylic acids is 1. The molecule has 38 heavy (non-hydrogen) atoms. The lowest BCUT2D eigenvalue weighted by atomic mass is 9.58.